The molecule has 2 aromatic carbocycles. The lowest BCUT2D eigenvalue weighted by Crippen LogP contribution is -2.21. The highest BCUT2D eigenvalue weighted by molar-refractivity contribution is 7.98. The molecule has 2 N–H and O–H groups in total. The second-order valence-electron chi connectivity index (χ2n) is 4.89. The van der Waals surface area contributed by atoms with Crippen molar-refractivity contribution >= 4 is 11.8 Å². The first-order chi connectivity index (χ1) is 10.1. The summed E-state index contributed by atoms with van der Waals surface area (Å²) in [7, 11) is 0. The monoisotopic (exact) mass is 305 g/mol. The van der Waals surface area contributed by atoms with E-state index in [0.717, 1.165) is 16.9 Å². The van der Waals surface area contributed by atoms with E-state index in [1.165, 1.54) is 6.07 Å². The van der Waals surface area contributed by atoms with Gasteiger partial charge in [0.1, 0.15) is 5.75 Å². The van der Waals surface area contributed by atoms with Gasteiger partial charge in [-0.15, -0.1) is 11.8 Å². The fourth-order valence-corrected chi connectivity index (χ4v) is 2.55. The lowest BCUT2D eigenvalue weighted by atomic mass is 10.0. The van der Waals surface area contributed by atoms with E-state index in [1.807, 2.05) is 43.5 Å². The molecule has 0 aliphatic carbocycles. The lowest BCUT2D eigenvalue weighted by Gasteiger charge is -2.12. The maximum absolute atomic E-state index is 14.2. The minimum atomic E-state index is -0.355. The van der Waals surface area contributed by atoms with Gasteiger partial charge < -0.3 is 10.5 Å². The van der Waals surface area contributed by atoms with Crippen molar-refractivity contribution < 1.29 is 9.13 Å². The van der Waals surface area contributed by atoms with Crippen molar-refractivity contribution in [3.8, 4) is 11.5 Å². The van der Waals surface area contributed by atoms with Gasteiger partial charge in [-0.05, 0) is 48.9 Å². The highest BCUT2D eigenvalue weighted by Crippen LogP contribution is 2.32. The minimum absolute atomic E-state index is 0.0633. The molecule has 0 saturated carbocycles. The number of thioether (sulfide) groups is 1. The van der Waals surface area contributed by atoms with Gasteiger partial charge in [0.2, 0.25) is 0 Å². The van der Waals surface area contributed by atoms with Crippen LogP contribution in [0.2, 0.25) is 0 Å². The Balaban J connectivity index is 2.17. The zero-order valence-corrected chi connectivity index (χ0v) is 13.1. The molecule has 0 amide bonds. The number of ether oxygens (including phenoxy) is 1. The molecule has 0 spiro atoms. The average Bonchev–Trinajstić information content (AvgIpc) is 2.50. The second kappa shape index (κ2) is 7.48. The number of hydrogen-bond acceptors (Lipinski definition) is 3. The third-order valence-corrected chi connectivity index (χ3v) is 4.08. The molecule has 0 aliphatic heterocycles. The summed E-state index contributed by atoms with van der Waals surface area (Å²) in [5, 5.41) is 0. The molecule has 2 aromatic rings. The summed E-state index contributed by atoms with van der Waals surface area (Å²) in [6.45, 7) is 2.03. The maximum Gasteiger partial charge on any atom is 0.165 e. The maximum atomic E-state index is 14.2. The summed E-state index contributed by atoms with van der Waals surface area (Å²) in [6, 6.07) is 12.7. The molecule has 0 saturated heterocycles. The Hall–Kier alpha value is -1.52. The van der Waals surface area contributed by atoms with Gasteiger partial charge in [0.15, 0.2) is 11.6 Å². The van der Waals surface area contributed by atoms with Crippen molar-refractivity contribution in [1.82, 2.24) is 0 Å². The first-order valence-electron chi connectivity index (χ1n) is 6.99. The summed E-state index contributed by atoms with van der Waals surface area (Å²) in [5.41, 5.74) is 6.79. The van der Waals surface area contributed by atoms with Crippen LogP contribution >= 0.6 is 11.8 Å². The average molecular weight is 305 g/mol. The molecule has 2 nitrogen and oxygen atoms in total. The van der Waals surface area contributed by atoms with E-state index in [2.05, 4.69) is 0 Å². The van der Waals surface area contributed by atoms with Crippen molar-refractivity contribution in [3.05, 3.63) is 53.8 Å². The van der Waals surface area contributed by atoms with E-state index >= 15 is 0 Å². The highest BCUT2D eigenvalue weighted by atomic mass is 32.2. The summed E-state index contributed by atoms with van der Waals surface area (Å²) >= 11 is 1.57. The van der Waals surface area contributed by atoms with Crippen molar-refractivity contribution in [2.45, 2.75) is 30.7 Å². The number of rotatable bonds is 6. The molecular formula is C17H20FNOS. The Kier molecular flexibility index (Phi) is 5.65. The molecule has 1 unspecified atom stereocenters. The summed E-state index contributed by atoms with van der Waals surface area (Å²) < 4.78 is 19.8. The van der Waals surface area contributed by atoms with Gasteiger partial charge in [-0.1, -0.05) is 25.1 Å². The Morgan fingerprint density at radius 1 is 1.19 bits per heavy atom. The smallest absolute Gasteiger partial charge is 0.165 e. The van der Waals surface area contributed by atoms with E-state index in [-0.39, 0.29) is 17.6 Å². The summed E-state index contributed by atoms with van der Waals surface area (Å²) in [5.74, 6) is 0.555. The predicted octanol–water partition coefficient (Wildman–Crippen LogP) is 4.62. The molecule has 0 heterocycles. The van der Waals surface area contributed by atoms with Crippen molar-refractivity contribution in [2.24, 2.45) is 5.73 Å². The van der Waals surface area contributed by atoms with Gasteiger partial charge >= 0.3 is 0 Å². The molecule has 2 rings (SSSR count). The van der Waals surface area contributed by atoms with Gasteiger partial charge in [-0.25, -0.2) is 4.39 Å². The number of benzene rings is 2. The lowest BCUT2D eigenvalue weighted by molar-refractivity contribution is 0.433. The Morgan fingerprint density at radius 3 is 2.62 bits per heavy atom. The molecule has 112 valence electrons. The predicted molar refractivity (Wildman–Crippen MR) is 86.7 cm³/mol. The molecule has 0 bridgehead atoms. The fourth-order valence-electron chi connectivity index (χ4n) is 2.02. The standard InChI is InChI=1S/C17H20FNOS/c1-3-13(19)10-12-8-9-15(14(18)11-12)20-16-6-4-5-7-17(16)21-2/h4-9,11,13H,3,10,19H2,1-2H3. The third-order valence-electron chi connectivity index (χ3n) is 3.31. The zero-order chi connectivity index (χ0) is 15.2. The quantitative estimate of drug-likeness (QED) is 0.791. The van der Waals surface area contributed by atoms with Crippen LogP contribution in [0.25, 0.3) is 0 Å². The Labute approximate surface area is 129 Å². The molecule has 1 atom stereocenters. The largest absolute Gasteiger partial charge is 0.453 e. The Bertz CT molecular complexity index is 603. The van der Waals surface area contributed by atoms with E-state index in [0.29, 0.717) is 12.2 Å². The van der Waals surface area contributed by atoms with Gasteiger partial charge in [0.05, 0.1) is 0 Å². The Morgan fingerprint density at radius 2 is 1.95 bits per heavy atom. The van der Waals surface area contributed by atoms with Crippen LogP contribution in [-0.2, 0) is 6.42 Å². The molecule has 4 heteroatoms. The highest BCUT2D eigenvalue weighted by Gasteiger charge is 2.10. The topological polar surface area (TPSA) is 35.2 Å². The normalized spacial score (nSPS) is 12.2. The summed E-state index contributed by atoms with van der Waals surface area (Å²) in [6.07, 6.45) is 3.52. The zero-order valence-electron chi connectivity index (χ0n) is 12.3. The van der Waals surface area contributed by atoms with Gasteiger partial charge in [-0.3, -0.25) is 0 Å². The van der Waals surface area contributed by atoms with Crippen LogP contribution < -0.4 is 10.5 Å². The SMILES string of the molecule is CCC(N)Cc1ccc(Oc2ccccc2SC)c(F)c1. The third kappa shape index (κ3) is 4.22. The van der Waals surface area contributed by atoms with Crippen LogP contribution in [0, 0.1) is 5.82 Å². The van der Waals surface area contributed by atoms with Crippen LogP contribution in [-0.4, -0.2) is 12.3 Å². The summed E-state index contributed by atoms with van der Waals surface area (Å²) in [4.78, 5) is 0.981. The second-order valence-corrected chi connectivity index (χ2v) is 5.74. The van der Waals surface area contributed by atoms with Gasteiger partial charge in [-0.2, -0.15) is 0 Å². The van der Waals surface area contributed by atoms with Crippen molar-refractivity contribution in [2.75, 3.05) is 6.26 Å². The first-order valence-corrected chi connectivity index (χ1v) is 8.21. The van der Waals surface area contributed by atoms with E-state index in [1.54, 1.807) is 17.8 Å². The number of nitrogens with two attached hydrogens (primary N) is 1. The van der Waals surface area contributed by atoms with Crippen LogP contribution in [0.1, 0.15) is 18.9 Å². The van der Waals surface area contributed by atoms with E-state index < -0.39 is 0 Å². The number of para-hydroxylation sites is 1. The van der Waals surface area contributed by atoms with Crippen LogP contribution in [0.4, 0.5) is 4.39 Å². The van der Waals surface area contributed by atoms with Crippen molar-refractivity contribution in [1.29, 1.82) is 0 Å². The fraction of sp³-hybridized carbons (Fsp3) is 0.294. The van der Waals surface area contributed by atoms with Crippen LogP contribution in [0.3, 0.4) is 0 Å². The number of hydrogen-bond donors (Lipinski definition) is 1. The molecule has 0 aliphatic rings. The number of halogens is 1. The van der Waals surface area contributed by atoms with Crippen LogP contribution in [0.15, 0.2) is 47.4 Å². The molecule has 0 aromatic heterocycles. The minimum Gasteiger partial charge on any atom is -0.453 e. The van der Waals surface area contributed by atoms with E-state index in [4.69, 9.17) is 10.5 Å². The van der Waals surface area contributed by atoms with Gasteiger partial charge in [0, 0.05) is 10.9 Å². The van der Waals surface area contributed by atoms with E-state index in [9.17, 15) is 4.39 Å². The molecule has 0 fully saturated rings. The van der Waals surface area contributed by atoms with Gasteiger partial charge in [0.25, 0.3) is 0 Å². The molecule has 0 radical (unpaired) electrons. The van der Waals surface area contributed by atoms with Crippen molar-refractivity contribution in [3.63, 3.8) is 0 Å². The van der Waals surface area contributed by atoms with Crippen LogP contribution in [0.5, 0.6) is 11.5 Å². The first kappa shape index (κ1) is 15.9. The molecule has 21 heavy (non-hydrogen) atoms. The molecular weight excluding hydrogens is 285 g/mol.